The maximum absolute atomic E-state index is 12.7. The highest BCUT2D eigenvalue weighted by atomic mass is 19.4. The van der Waals surface area contributed by atoms with E-state index in [0.29, 0.717) is 19.1 Å². The summed E-state index contributed by atoms with van der Waals surface area (Å²) in [6.45, 7) is 4.40. The van der Waals surface area contributed by atoms with Gasteiger partial charge in [-0.05, 0) is 31.4 Å². The van der Waals surface area contributed by atoms with Crippen molar-refractivity contribution in [2.24, 2.45) is 0 Å². The fourth-order valence-electron chi connectivity index (χ4n) is 3.92. The first-order chi connectivity index (χ1) is 13.4. The summed E-state index contributed by atoms with van der Waals surface area (Å²) in [6.07, 6.45) is 1.27. The third-order valence-electron chi connectivity index (χ3n) is 5.84. The summed E-state index contributed by atoms with van der Waals surface area (Å²) in [5.41, 5.74) is -0.942. The molecule has 0 radical (unpaired) electrons. The molecule has 2 saturated heterocycles. The molecular formula is C19H25F3N4O2. The van der Waals surface area contributed by atoms with Crippen molar-refractivity contribution in [2.45, 2.75) is 44.0 Å². The Bertz CT molecular complexity index is 687. The summed E-state index contributed by atoms with van der Waals surface area (Å²) < 4.78 is 43.3. The molecule has 3 aliphatic rings. The summed E-state index contributed by atoms with van der Waals surface area (Å²) in [5, 5.41) is 0. The van der Waals surface area contributed by atoms with Crippen molar-refractivity contribution in [3.8, 4) is 5.75 Å². The molecule has 1 aliphatic carbocycles. The highest BCUT2D eigenvalue weighted by Crippen LogP contribution is 2.29. The average molecular weight is 398 g/mol. The first kappa shape index (κ1) is 19.3. The second kappa shape index (κ2) is 7.77. The molecule has 0 atom stereocenters. The van der Waals surface area contributed by atoms with Crippen LogP contribution in [0.4, 0.5) is 18.0 Å². The van der Waals surface area contributed by atoms with Crippen LogP contribution in [-0.2, 0) is 6.18 Å². The number of nitrogens with zero attached hydrogens (tertiary/aromatic N) is 4. The van der Waals surface area contributed by atoms with Crippen molar-refractivity contribution in [1.29, 1.82) is 0 Å². The Kier molecular flexibility index (Phi) is 5.35. The van der Waals surface area contributed by atoms with E-state index < -0.39 is 11.9 Å². The zero-order chi connectivity index (χ0) is 19.7. The van der Waals surface area contributed by atoms with Crippen LogP contribution in [0.25, 0.3) is 0 Å². The topological polar surface area (TPSA) is 48.9 Å². The highest BCUT2D eigenvalue weighted by Gasteiger charge is 2.36. The lowest BCUT2D eigenvalue weighted by Gasteiger charge is -2.41. The number of hydrogen-bond acceptors (Lipinski definition) is 4. The van der Waals surface area contributed by atoms with Gasteiger partial charge >= 0.3 is 12.2 Å². The van der Waals surface area contributed by atoms with Gasteiger partial charge in [-0.1, -0.05) is 6.42 Å². The number of carbonyl (C=O) groups is 1. The fraction of sp³-hybridized carbons (Fsp3) is 0.684. The van der Waals surface area contributed by atoms with E-state index in [9.17, 15) is 18.0 Å². The van der Waals surface area contributed by atoms with Crippen molar-refractivity contribution >= 4 is 6.03 Å². The molecule has 9 heteroatoms. The second-order valence-corrected chi connectivity index (χ2v) is 7.77. The van der Waals surface area contributed by atoms with Crippen molar-refractivity contribution in [2.75, 3.05) is 39.3 Å². The maximum Gasteiger partial charge on any atom is 0.433 e. The highest BCUT2D eigenvalue weighted by molar-refractivity contribution is 5.75. The van der Waals surface area contributed by atoms with Crippen LogP contribution in [0.15, 0.2) is 18.3 Å². The molecule has 154 valence electrons. The van der Waals surface area contributed by atoms with Crippen molar-refractivity contribution in [1.82, 2.24) is 19.7 Å². The number of halogens is 3. The number of rotatable bonds is 3. The Hall–Kier alpha value is -2.03. The zero-order valence-corrected chi connectivity index (χ0v) is 15.7. The SMILES string of the molecule is O=C(N1CCCN(C2CCC2)CC1)N1CC(Oc2ccc(C(F)(F)F)nc2)C1. The minimum absolute atomic E-state index is 0.0286. The summed E-state index contributed by atoms with van der Waals surface area (Å²) >= 11 is 0. The summed E-state index contributed by atoms with van der Waals surface area (Å²) in [4.78, 5) is 22.2. The molecule has 0 bridgehead atoms. The van der Waals surface area contributed by atoms with Crippen LogP contribution in [-0.4, -0.2) is 77.1 Å². The molecule has 1 aromatic heterocycles. The number of carbonyl (C=O) groups excluding carboxylic acids is 1. The van der Waals surface area contributed by atoms with Gasteiger partial charge in [-0.2, -0.15) is 13.2 Å². The first-order valence-electron chi connectivity index (χ1n) is 9.88. The molecule has 2 amide bonds. The molecule has 0 N–H and O–H groups in total. The number of hydrogen-bond donors (Lipinski definition) is 0. The van der Waals surface area contributed by atoms with Crippen LogP contribution in [0.1, 0.15) is 31.4 Å². The van der Waals surface area contributed by atoms with Gasteiger partial charge in [0.25, 0.3) is 0 Å². The van der Waals surface area contributed by atoms with E-state index in [2.05, 4.69) is 9.88 Å². The Morgan fingerprint density at radius 1 is 1.04 bits per heavy atom. The van der Waals surface area contributed by atoms with E-state index in [4.69, 9.17) is 4.74 Å². The Labute approximate surface area is 162 Å². The molecule has 3 fully saturated rings. The van der Waals surface area contributed by atoms with Crippen LogP contribution >= 0.6 is 0 Å². The lowest BCUT2D eigenvalue weighted by atomic mass is 9.91. The molecule has 4 rings (SSSR count). The third kappa shape index (κ3) is 4.19. The number of alkyl halides is 3. The van der Waals surface area contributed by atoms with Gasteiger partial charge < -0.3 is 14.5 Å². The van der Waals surface area contributed by atoms with Crippen LogP contribution in [0.5, 0.6) is 5.75 Å². The number of amides is 2. The van der Waals surface area contributed by atoms with E-state index >= 15 is 0 Å². The largest absolute Gasteiger partial charge is 0.485 e. The van der Waals surface area contributed by atoms with Gasteiger partial charge in [0, 0.05) is 32.2 Å². The normalized spacial score (nSPS) is 22.4. The fourth-order valence-corrected chi connectivity index (χ4v) is 3.92. The van der Waals surface area contributed by atoms with Crippen molar-refractivity contribution in [3.63, 3.8) is 0 Å². The first-order valence-corrected chi connectivity index (χ1v) is 9.88. The number of likely N-dealkylation sites (tertiary alicyclic amines) is 1. The number of pyridine rings is 1. The maximum atomic E-state index is 12.7. The van der Waals surface area contributed by atoms with E-state index in [1.807, 2.05) is 4.90 Å². The summed E-state index contributed by atoms with van der Waals surface area (Å²) in [5.74, 6) is 0.288. The molecule has 28 heavy (non-hydrogen) atoms. The van der Waals surface area contributed by atoms with Crippen molar-refractivity contribution < 1.29 is 22.7 Å². The molecular weight excluding hydrogens is 373 g/mol. The predicted octanol–water partition coefficient (Wildman–Crippen LogP) is 2.84. The van der Waals surface area contributed by atoms with E-state index in [-0.39, 0.29) is 17.9 Å². The molecule has 0 unspecified atom stereocenters. The Morgan fingerprint density at radius 2 is 1.82 bits per heavy atom. The minimum atomic E-state index is -4.46. The zero-order valence-electron chi connectivity index (χ0n) is 15.7. The lowest BCUT2D eigenvalue weighted by molar-refractivity contribution is -0.141. The Balaban J connectivity index is 1.23. The molecule has 1 saturated carbocycles. The standard InChI is InChI=1S/C19H25F3N4O2/c20-19(21,22)17-6-5-15(11-23-17)28-16-12-26(13-16)18(27)25-8-2-7-24(9-10-25)14-3-1-4-14/h5-6,11,14,16H,1-4,7-10,12-13H2. The molecule has 2 aliphatic heterocycles. The van der Waals surface area contributed by atoms with Gasteiger partial charge in [-0.25, -0.2) is 9.78 Å². The van der Waals surface area contributed by atoms with E-state index in [1.165, 1.54) is 25.3 Å². The number of urea groups is 1. The monoisotopic (exact) mass is 398 g/mol. The van der Waals surface area contributed by atoms with Gasteiger partial charge in [0.1, 0.15) is 17.5 Å². The van der Waals surface area contributed by atoms with Crippen LogP contribution in [0.3, 0.4) is 0 Å². The summed E-state index contributed by atoms with van der Waals surface area (Å²) in [7, 11) is 0. The van der Waals surface area contributed by atoms with Gasteiger partial charge in [0.2, 0.25) is 0 Å². The van der Waals surface area contributed by atoms with Crippen molar-refractivity contribution in [3.05, 3.63) is 24.0 Å². The predicted molar refractivity (Wildman–Crippen MR) is 96.0 cm³/mol. The van der Waals surface area contributed by atoms with Gasteiger partial charge in [0.15, 0.2) is 0 Å². The lowest BCUT2D eigenvalue weighted by Crippen LogP contribution is -2.60. The van der Waals surface area contributed by atoms with E-state index in [1.54, 1.807) is 4.90 Å². The average Bonchev–Trinajstić information content (AvgIpc) is 2.81. The Morgan fingerprint density at radius 3 is 2.43 bits per heavy atom. The van der Waals surface area contributed by atoms with Gasteiger partial charge in [-0.3, -0.25) is 4.90 Å². The number of ether oxygens (including phenoxy) is 1. The molecule has 3 heterocycles. The summed E-state index contributed by atoms with van der Waals surface area (Å²) in [6, 6.07) is 2.90. The molecule has 0 aromatic carbocycles. The molecule has 6 nitrogen and oxygen atoms in total. The second-order valence-electron chi connectivity index (χ2n) is 7.77. The van der Waals surface area contributed by atoms with E-state index in [0.717, 1.165) is 44.9 Å². The van der Waals surface area contributed by atoms with Gasteiger partial charge in [-0.15, -0.1) is 0 Å². The number of aromatic nitrogens is 1. The van der Waals surface area contributed by atoms with Crippen LogP contribution in [0.2, 0.25) is 0 Å². The molecule has 1 aromatic rings. The molecule has 0 spiro atoms. The quantitative estimate of drug-likeness (QED) is 0.786. The third-order valence-corrected chi connectivity index (χ3v) is 5.84. The minimum Gasteiger partial charge on any atom is -0.485 e. The van der Waals surface area contributed by atoms with Crippen LogP contribution in [0, 0.1) is 0 Å². The van der Waals surface area contributed by atoms with Gasteiger partial charge in [0.05, 0.1) is 19.3 Å². The van der Waals surface area contributed by atoms with Crippen LogP contribution < -0.4 is 4.74 Å². The smallest absolute Gasteiger partial charge is 0.433 e.